The summed E-state index contributed by atoms with van der Waals surface area (Å²) in [5.74, 6) is 1.11. The quantitative estimate of drug-likeness (QED) is 0.759. The zero-order valence-electron chi connectivity index (χ0n) is 8.43. The molecule has 2 unspecified atom stereocenters. The van der Waals surface area contributed by atoms with Crippen molar-refractivity contribution in [2.24, 2.45) is 5.73 Å². The molecule has 2 nitrogen and oxygen atoms in total. The third-order valence-corrected chi connectivity index (χ3v) is 4.36. The lowest BCUT2D eigenvalue weighted by atomic mass is 9.89. The molecule has 1 fully saturated rings. The van der Waals surface area contributed by atoms with Crippen molar-refractivity contribution >= 4 is 11.8 Å². The summed E-state index contributed by atoms with van der Waals surface area (Å²) in [6, 6.07) is 0. The monoisotopic (exact) mass is 224 g/mol. The van der Waals surface area contributed by atoms with E-state index in [1.165, 1.54) is 0 Å². The molecule has 0 saturated carbocycles. The molecule has 2 atom stereocenters. The molecule has 1 rings (SSSR count). The van der Waals surface area contributed by atoms with Crippen molar-refractivity contribution < 1.29 is 8.78 Å². The summed E-state index contributed by atoms with van der Waals surface area (Å²) >= 11 is 1.81. The van der Waals surface area contributed by atoms with Gasteiger partial charge >= 0.3 is 0 Å². The smallest absolute Gasteiger partial charge is 0.250 e. The van der Waals surface area contributed by atoms with E-state index in [0.717, 1.165) is 18.6 Å². The van der Waals surface area contributed by atoms with E-state index in [1.807, 2.05) is 11.8 Å². The maximum atomic E-state index is 12.1. The Morgan fingerprint density at radius 2 is 2.36 bits per heavy atom. The SMILES string of the molecule is CC1SCCCC1(CN)NCC(F)F. The van der Waals surface area contributed by atoms with Crippen molar-refractivity contribution in [2.75, 3.05) is 18.8 Å². The fourth-order valence-electron chi connectivity index (χ4n) is 1.86. The van der Waals surface area contributed by atoms with E-state index in [9.17, 15) is 8.78 Å². The predicted octanol–water partition coefficient (Wildman–Crippen LogP) is 1.45. The number of nitrogens with one attached hydrogen (secondary N) is 1. The molecule has 0 aliphatic carbocycles. The Bertz CT molecular complexity index is 180. The number of nitrogens with two attached hydrogens (primary N) is 1. The summed E-state index contributed by atoms with van der Waals surface area (Å²) in [6.45, 7) is 2.26. The van der Waals surface area contributed by atoms with E-state index in [2.05, 4.69) is 12.2 Å². The number of hydrogen-bond donors (Lipinski definition) is 2. The first-order valence-corrected chi connectivity index (χ1v) is 6.00. The van der Waals surface area contributed by atoms with Crippen LogP contribution in [0.3, 0.4) is 0 Å². The Labute approximate surface area is 88.0 Å². The Balaban J connectivity index is 2.54. The highest BCUT2D eigenvalue weighted by Crippen LogP contribution is 2.33. The summed E-state index contributed by atoms with van der Waals surface area (Å²) in [4.78, 5) is 0. The van der Waals surface area contributed by atoms with Crippen LogP contribution in [0.2, 0.25) is 0 Å². The second-order valence-electron chi connectivity index (χ2n) is 3.75. The summed E-state index contributed by atoms with van der Waals surface area (Å²) < 4.78 is 24.2. The van der Waals surface area contributed by atoms with Crippen molar-refractivity contribution in [3.05, 3.63) is 0 Å². The van der Waals surface area contributed by atoms with Crippen LogP contribution in [0.4, 0.5) is 8.78 Å². The normalized spacial score (nSPS) is 33.6. The van der Waals surface area contributed by atoms with Gasteiger partial charge in [0.15, 0.2) is 0 Å². The van der Waals surface area contributed by atoms with Crippen LogP contribution >= 0.6 is 11.8 Å². The van der Waals surface area contributed by atoms with Crippen LogP contribution < -0.4 is 11.1 Å². The molecule has 0 bridgehead atoms. The average Bonchev–Trinajstić information content (AvgIpc) is 2.17. The van der Waals surface area contributed by atoms with Gasteiger partial charge in [-0.1, -0.05) is 6.92 Å². The molecule has 0 aromatic heterocycles. The van der Waals surface area contributed by atoms with Gasteiger partial charge in [0.05, 0.1) is 6.54 Å². The first-order chi connectivity index (χ1) is 6.60. The molecule has 0 aromatic rings. The second kappa shape index (κ2) is 5.28. The van der Waals surface area contributed by atoms with Crippen LogP contribution in [-0.2, 0) is 0 Å². The van der Waals surface area contributed by atoms with Crippen LogP contribution in [0.15, 0.2) is 0 Å². The molecule has 5 heteroatoms. The van der Waals surface area contributed by atoms with E-state index in [4.69, 9.17) is 5.73 Å². The molecule has 0 amide bonds. The van der Waals surface area contributed by atoms with Crippen LogP contribution in [-0.4, -0.2) is 36.1 Å². The highest BCUT2D eigenvalue weighted by molar-refractivity contribution is 8.00. The molecule has 0 aromatic carbocycles. The van der Waals surface area contributed by atoms with Gasteiger partial charge in [-0.15, -0.1) is 0 Å². The van der Waals surface area contributed by atoms with Gasteiger partial charge in [0.1, 0.15) is 0 Å². The molecule has 1 aliphatic rings. The molecule has 1 saturated heterocycles. The topological polar surface area (TPSA) is 38.0 Å². The average molecular weight is 224 g/mol. The molecular formula is C9H18F2N2S. The van der Waals surface area contributed by atoms with Gasteiger partial charge in [0, 0.05) is 17.3 Å². The van der Waals surface area contributed by atoms with Crippen molar-refractivity contribution in [1.29, 1.82) is 0 Å². The minimum Gasteiger partial charge on any atom is -0.329 e. The third-order valence-electron chi connectivity index (χ3n) is 2.89. The number of rotatable bonds is 4. The van der Waals surface area contributed by atoms with E-state index >= 15 is 0 Å². The third kappa shape index (κ3) is 2.81. The molecule has 3 N–H and O–H groups in total. The van der Waals surface area contributed by atoms with E-state index in [1.54, 1.807) is 0 Å². The minimum atomic E-state index is -2.29. The molecule has 0 radical (unpaired) electrons. The van der Waals surface area contributed by atoms with E-state index < -0.39 is 6.43 Å². The summed E-state index contributed by atoms with van der Waals surface area (Å²) in [6.07, 6.45) is -0.329. The van der Waals surface area contributed by atoms with E-state index in [-0.39, 0.29) is 12.1 Å². The second-order valence-corrected chi connectivity index (χ2v) is 5.20. The van der Waals surface area contributed by atoms with E-state index in [0.29, 0.717) is 11.8 Å². The first-order valence-electron chi connectivity index (χ1n) is 4.95. The number of thioether (sulfide) groups is 1. The minimum absolute atomic E-state index is 0.248. The van der Waals surface area contributed by atoms with Gasteiger partial charge in [-0.3, -0.25) is 0 Å². The van der Waals surface area contributed by atoms with Crippen molar-refractivity contribution in [1.82, 2.24) is 5.32 Å². The summed E-state index contributed by atoms with van der Waals surface area (Å²) in [5.41, 5.74) is 5.42. The lowest BCUT2D eigenvalue weighted by Crippen LogP contribution is -2.59. The number of halogens is 2. The lowest BCUT2D eigenvalue weighted by Gasteiger charge is -2.42. The van der Waals surface area contributed by atoms with Gasteiger partial charge in [-0.2, -0.15) is 11.8 Å². The van der Waals surface area contributed by atoms with Gasteiger partial charge in [0.2, 0.25) is 0 Å². The molecule has 0 spiro atoms. The molecule has 1 aliphatic heterocycles. The molecule has 1 heterocycles. The Kier molecular flexibility index (Phi) is 4.60. The largest absolute Gasteiger partial charge is 0.329 e. The van der Waals surface area contributed by atoms with Crippen LogP contribution in [0.25, 0.3) is 0 Å². The summed E-state index contributed by atoms with van der Waals surface area (Å²) in [7, 11) is 0. The maximum absolute atomic E-state index is 12.1. The van der Waals surface area contributed by atoms with Gasteiger partial charge in [0.25, 0.3) is 6.43 Å². The van der Waals surface area contributed by atoms with Crippen molar-refractivity contribution in [3.63, 3.8) is 0 Å². The highest BCUT2D eigenvalue weighted by atomic mass is 32.2. The van der Waals surface area contributed by atoms with Gasteiger partial charge < -0.3 is 11.1 Å². The van der Waals surface area contributed by atoms with Crippen LogP contribution in [0.5, 0.6) is 0 Å². The zero-order valence-corrected chi connectivity index (χ0v) is 9.25. The molecule has 84 valence electrons. The van der Waals surface area contributed by atoms with Crippen molar-refractivity contribution in [3.8, 4) is 0 Å². The van der Waals surface area contributed by atoms with Crippen LogP contribution in [0.1, 0.15) is 19.8 Å². The lowest BCUT2D eigenvalue weighted by molar-refractivity contribution is 0.126. The Hall–Kier alpha value is 0.130. The molecule has 14 heavy (non-hydrogen) atoms. The summed E-state index contributed by atoms with van der Waals surface area (Å²) in [5, 5.41) is 3.26. The number of hydrogen-bond acceptors (Lipinski definition) is 3. The van der Waals surface area contributed by atoms with Gasteiger partial charge in [-0.05, 0) is 18.6 Å². The van der Waals surface area contributed by atoms with Crippen LogP contribution in [0, 0.1) is 0 Å². The molecular weight excluding hydrogens is 206 g/mol. The van der Waals surface area contributed by atoms with Gasteiger partial charge in [-0.25, -0.2) is 8.78 Å². The Morgan fingerprint density at radius 3 is 2.86 bits per heavy atom. The van der Waals surface area contributed by atoms with Crippen molar-refractivity contribution in [2.45, 2.75) is 37.0 Å². The number of alkyl halides is 2. The zero-order chi connectivity index (χ0) is 10.6. The standard InChI is InChI=1S/C9H18F2N2S/c1-7-9(6-12,3-2-4-14-7)13-5-8(10)11/h7-8,13H,2-6,12H2,1H3. The fraction of sp³-hybridized carbons (Fsp3) is 1.00. The Morgan fingerprint density at radius 1 is 1.64 bits per heavy atom. The first kappa shape index (κ1) is 12.2. The highest BCUT2D eigenvalue weighted by Gasteiger charge is 2.37. The maximum Gasteiger partial charge on any atom is 0.250 e. The predicted molar refractivity (Wildman–Crippen MR) is 56.9 cm³/mol. The fourth-order valence-corrected chi connectivity index (χ4v) is 3.14.